The first kappa shape index (κ1) is 15.3. The van der Waals surface area contributed by atoms with Gasteiger partial charge in [-0.2, -0.15) is 5.26 Å². The first-order valence-electron chi connectivity index (χ1n) is 6.31. The van der Waals surface area contributed by atoms with E-state index in [1.165, 1.54) is 19.2 Å². The first-order valence-corrected chi connectivity index (χ1v) is 6.69. The average molecular weight is 305 g/mol. The van der Waals surface area contributed by atoms with Crippen LogP contribution < -0.4 is 4.74 Å². The number of nitrogens with zero attached hydrogens (tertiary/aromatic N) is 2. The van der Waals surface area contributed by atoms with Gasteiger partial charge in [0, 0.05) is 5.56 Å². The summed E-state index contributed by atoms with van der Waals surface area (Å²) < 4.78 is 18.6. The third-order valence-corrected chi connectivity index (χ3v) is 3.48. The van der Waals surface area contributed by atoms with Crippen LogP contribution in [0.3, 0.4) is 0 Å². The number of aromatic nitrogens is 1. The Morgan fingerprint density at radius 3 is 2.57 bits per heavy atom. The largest absolute Gasteiger partial charge is 0.494 e. The van der Waals surface area contributed by atoms with E-state index in [1.807, 2.05) is 0 Å². The Kier molecular flexibility index (Phi) is 4.15. The second kappa shape index (κ2) is 5.71. The summed E-state index contributed by atoms with van der Waals surface area (Å²) in [6, 6.07) is 10.0. The Morgan fingerprint density at radius 2 is 2.00 bits per heavy atom. The van der Waals surface area contributed by atoms with Gasteiger partial charge in [0.25, 0.3) is 0 Å². The van der Waals surface area contributed by atoms with Crippen LogP contribution in [0, 0.1) is 17.1 Å². The second-order valence-corrected chi connectivity index (χ2v) is 5.52. The van der Waals surface area contributed by atoms with Crippen LogP contribution in [0.2, 0.25) is 5.02 Å². The van der Waals surface area contributed by atoms with Crippen LogP contribution >= 0.6 is 11.6 Å². The smallest absolute Gasteiger partial charge is 0.145 e. The van der Waals surface area contributed by atoms with Gasteiger partial charge in [0.05, 0.1) is 29.3 Å². The molecule has 1 heterocycles. The standard InChI is InChI=1S/C16H14ClFN2O/c1-16(2,9-19)14-7-6-13(21-3)15(20-14)10-4-5-12(18)11(17)8-10/h4-8H,1-3H3. The van der Waals surface area contributed by atoms with Gasteiger partial charge in [-0.15, -0.1) is 0 Å². The normalized spacial score (nSPS) is 11.0. The highest BCUT2D eigenvalue weighted by molar-refractivity contribution is 6.31. The molecule has 0 saturated heterocycles. The number of methoxy groups -OCH3 is 1. The van der Waals surface area contributed by atoms with Crippen molar-refractivity contribution in [3.63, 3.8) is 0 Å². The third-order valence-electron chi connectivity index (χ3n) is 3.19. The van der Waals surface area contributed by atoms with Gasteiger partial charge in [0.15, 0.2) is 0 Å². The minimum Gasteiger partial charge on any atom is -0.494 e. The maximum atomic E-state index is 13.3. The molecule has 2 aromatic rings. The average Bonchev–Trinajstić information content (AvgIpc) is 2.49. The molecule has 0 radical (unpaired) electrons. The summed E-state index contributed by atoms with van der Waals surface area (Å²) in [6.07, 6.45) is 0. The molecule has 0 aliphatic rings. The van der Waals surface area contributed by atoms with Crippen molar-refractivity contribution < 1.29 is 9.13 Å². The van der Waals surface area contributed by atoms with Crippen LogP contribution in [0.5, 0.6) is 5.75 Å². The summed E-state index contributed by atoms with van der Waals surface area (Å²) in [6.45, 7) is 3.56. The fraction of sp³-hybridized carbons (Fsp3) is 0.250. The molecule has 0 N–H and O–H groups in total. The topological polar surface area (TPSA) is 45.9 Å². The number of halogens is 2. The summed E-state index contributed by atoms with van der Waals surface area (Å²) in [7, 11) is 1.53. The van der Waals surface area contributed by atoms with Crippen LogP contribution in [-0.4, -0.2) is 12.1 Å². The molecule has 0 atom stereocenters. The lowest BCUT2D eigenvalue weighted by Gasteiger charge is -2.17. The summed E-state index contributed by atoms with van der Waals surface area (Å²) in [5.41, 5.74) is 1.04. The van der Waals surface area contributed by atoms with Crippen molar-refractivity contribution in [2.75, 3.05) is 7.11 Å². The molecule has 0 fully saturated rings. The van der Waals surface area contributed by atoms with Crippen molar-refractivity contribution in [2.24, 2.45) is 0 Å². The highest BCUT2D eigenvalue weighted by atomic mass is 35.5. The van der Waals surface area contributed by atoms with Gasteiger partial charge in [-0.05, 0) is 44.2 Å². The molecule has 0 aliphatic heterocycles. The van der Waals surface area contributed by atoms with Gasteiger partial charge in [-0.3, -0.25) is 0 Å². The monoisotopic (exact) mass is 304 g/mol. The van der Waals surface area contributed by atoms with E-state index in [4.69, 9.17) is 16.3 Å². The zero-order valence-corrected chi connectivity index (χ0v) is 12.7. The maximum Gasteiger partial charge on any atom is 0.145 e. The lowest BCUT2D eigenvalue weighted by Crippen LogP contribution is -2.16. The molecule has 0 unspecified atom stereocenters. The molecule has 2 rings (SSSR count). The van der Waals surface area contributed by atoms with E-state index in [1.54, 1.807) is 32.0 Å². The Hall–Kier alpha value is -2.12. The number of benzene rings is 1. The van der Waals surface area contributed by atoms with Crippen molar-refractivity contribution >= 4 is 11.6 Å². The van der Waals surface area contributed by atoms with Crippen LogP contribution in [0.25, 0.3) is 11.3 Å². The fourth-order valence-corrected chi connectivity index (χ4v) is 2.05. The van der Waals surface area contributed by atoms with E-state index in [0.29, 0.717) is 22.7 Å². The molecule has 1 aromatic heterocycles. The summed E-state index contributed by atoms with van der Waals surface area (Å²) in [5.74, 6) is 0.0445. The predicted octanol–water partition coefficient (Wildman–Crippen LogP) is 4.35. The molecular formula is C16H14ClFN2O. The number of hydrogen-bond acceptors (Lipinski definition) is 3. The molecule has 0 spiro atoms. The lowest BCUT2D eigenvalue weighted by molar-refractivity contribution is 0.414. The maximum absolute atomic E-state index is 13.3. The Bertz CT molecular complexity index is 723. The summed E-state index contributed by atoms with van der Waals surface area (Å²) in [4.78, 5) is 4.50. The predicted molar refractivity (Wildman–Crippen MR) is 79.8 cm³/mol. The van der Waals surface area contributed by atoms with Crippen molar-refractivity contribution in [3.8, 4) is 23.1 Å². The molecule has 1 aromatic carbocycles. The Labute approximate surface area is 128 Å². The first-order chi connectivity index (χ1) is 9.89. The summed E-state index contributed by atoms with van der Waals surface area (Å²) in [5, 5.41) is 9.24. The fourth-order valence-electron chi connectivity index (χ4n) is 1.87. The Morgan fingerprint density at radius 1 is 1.29 bits per heavy atom. The molecule has 108 valence electrons. The number of rotatable bonds is 3. The van der Waals surface area contributed by atoms with Crippen molar-refractivity contribution in [3.05, 3.63) is 46.9 Å². The number of ether oxygens (including phenoxy) is 1. The SMILES string of the molecule is COc1ccc(C(C)(C)C#N)nc1-c1ccc(F)c(Cl)c1. The zero-order valence-electron chi connectivity index (χ0n) is 11.9. The zero-order chi connectivity index (χ0) is 15.6. The Balaban J connectivity index is 2.63. The van der Waals surface area contributed by atoms with Crippen LogP contribution in [0.4, 0.5) is 4.39 Å². The van der Waals surface area contributed by atoms with Crippen LogP contribution in [0.15, 0.2) is 30.3 Å². The molecule has 0 saturated carbocycles. The van der Waals surface area contributed by atoms with Gasteiger partial charge >= 0.3 is 0 Å². The van der Waals surface area contributed by atoms with Gasteiger partial charge in [0.2, 0.25) is 0 Å². The molecule has 3 nitrogen and oxygen atoms in total. The minimum absolute atomic E-state index is 0.0151. The number of pyridine rings is 1. The van der Waals surface area contributed by atoms with Crippen LogP contribution in [0.1, 0.15) is 19.5 Å². The van der Waals surface area contributed by atoms with Crippen molar-refractivity contribution in [2.45, 2.75) is 19.3 Å². The van der Waals surface area contributed by atoms with Crippen molar-refractivity contribution in [1.82, 2.24) is 4.98 Å². The molecular weight excluding hydrogens is 291 g/mol. The molecule has 0 aliphatic carbocycles. The van der Waals surface area contributed by atoms with E-state index in [-0.39, 0.29) is 5.02 Å². The lowest BCUT2D eigenvalue weighted by atomic mass is 9.90. The quantitative estimate of drug-likeness (QED) is 0.847. The van der Waals surface area contributed by atoms with Gasteiger partial charge in [-0.1, -0.05) is 11.6 Å². The third kappa shape index (κ3) is 2.98. The van der Waals surface area contributed by atoms with E-state index in [0.717, 1.165) is 0 Å². The molecule has 5 heteroatoms. The van der Waals surface area contributed by atoms with E-state index in [2.05, 4.69) is 11.1 Å². The molecule has 0 bridgehead atoms. The van der Waals surface area contributed by atoms with E-state index in [9.17, 15) is 9.65 Å². The second-order valence-electron chi connectivity index (χ2n) is 5.11. The number of nitriles is 1. The number of hydrogen-bond donors (Lipinski definition) is 0. The molecule has 21 heavy (non-hydrogen) atoms. The van der Waals surface area contributed by atoms with Gasteiger partial charge in [-0.25, -0.2) is 9.37 Å². The van der Waals surface area contributed by atoms with Gasteiger partial charge < -0.3 is 4.74 Å². The van der Waals surface area contributed by atoms with E-state index >= 15 is 0 Å². The van der Waals surface area contributed by atoms with Crippen molar-refractivity contribution in [1.29, 1.82) is 5.26 Å². The highest BCUT2D eigenvalue weighted by Gasteiger charge is 2.23. The highest BCUT2D eigenvalue weighted by Crippen LogP contribution is 2.33. The van der Waals surface area contributed by atoms with Gasteiger partial charge in [0.1, 0.15) is 17.3 Å². The molecule has 0 amide bonds. The minimum atomic E-state index is -0.731. The van der Waals surface area contributed by atoms with Crippen LogP contribution in [-0.2, 0) is 5.41 Å². The summed E-state index contributed by atoms with van der Waals surface area (Å²) >= 11 is 5.82. The van der Waals surface area contributed by atoms with E-state index < -0.39 is 11.2 Å².